The van der Waals surface area contributed by atoms with Crippen LogP contribution in [0.25, 0.3) is 11.3 Å². The fraction of sp³-hybridized carbons (Fsp3) is 0.286. The molecule has 1 aromatic carbocycles. The van der Waals surface area contributed by atoms with E-state index in [1.165, 1.54) is 12.1 Å². The fourth-order valence-corrected chi connectivity index (χ4v) is 2.53. The zero-order valence-electron chi connectivity index (χ0n) is 12.8. The Hall–Kier alpha value is -1.94. The van der Waals surface area contributed by atoms with Gasteiger partial charge in [-0.15, -0.1) is 0 Å². The van der Waals surface area contributed by atoms with Crippen molar-refractivity contribution in [3.63, 3.8) is 0 Å². The van der Waals surface area contributed by atoms with Crippen LogP contribution < -0.4 is 4.18 Å². The SMILES string of the molecule is CC(C)c1nc(Cl)nc(-c2ccc(F)cc2)c1OS(=O)(=O)C(F)(F)F. The van der Waals surface area contributed by atoms with Gasteiger partial charge in [0.05, 0.1) is 5.69 Å². The van der Waals surface area contributed by atoms with E-state index in [1.54, 1.807) is 13.8 Å². The van der Waals surface area contributed by atoms with Crippen molar-refractivity contribution in [2.45, 2.75) is 25.3 Å². The summed E-state index contributed by atoms with van der Waals surface area (Å²) in [7, 11) is -5.96. The number of aromatic nitrogens is 2. The van der Waals surface area contributed by atoms with E-state index in [0.717, 1.165) is 12.1 Å². The minimum absolute atomic E-state index is 0.111. The number of hydrogen-bond donors (Lipinski definition) is 0. The summed E-state index contributed by atoms with van der Waals surface area (Å²) in [5.74, 6) is -1.83. The Morgan fingerprint density at radius 1 is 1.12 bits per heavy atom. The number of benzene rings is 1. The second kappa shape index (κ2) is 6.75. The average Bonchev–Trinajstić information content (AvgIpc) is 2.48. The van der Waals surface area contributed by atoms with Gasteiger partial charge in [-0.2, -0.15) is 21.6 Å². The van der Waals surface area contributed by atoms with E-state index in [9.17, 15) is 26.0 Å². The van der Waals surface area contributed by atoms with E-state index >= 15 is 0 Å². The van der Waals surface area contributed by atoms with Crippen molar-refractivity contribution in [3.8, 4) is 17.0 Å². The lowest BCUT2D eigenvalue weighted by molar-refractivity contribution is -0.0500. The van der Waals surface area contributed by atoms with Crippen molar-refractivity contribution in [1.29, 1.82) is 0 Å². The molecule has 1 heterocycles. The maximum absolute atomic E-state index is 13.1. The Labute approximate surface area is 145 Å². The molecule has 0 radical (unpaired) electrons. The molecule has 136 valence electrons. The third-order valence-electron chi connectivity index (χ3n) is 3.01. The highest BCUT2D eigenvalue weighted by molar-refractivity contribution is 7.88. The van der Waals surface area contributed by atoms with Crippen LogP contribution in [0.15, 0.2) is 24.3 Å². The van der Waals surface area contributed by atoms with Gasteiger partial charge in [0.25, 0.3) is 0 Å². The molecule has 0 aliphatic heterocycles. The molecule has 0 fully saturated rings. The van der Waals surface area contributed by atoms with Crippen molar-refractivity contribution in [2.75, 3.05) is 0 Å². The van der Waals surface area contributed by atoms with Gasteiger partial charge in [0.1, 0.15) is 11.5 Å². The topological polar surface area (TPSA) is 69.2 Å². The highest BCUT2D eigenvalue weighted by atomic mass is 35.5. The van der Waals surface area contributed by atoms with Crippen LogP contribution in [0.3, 0.4) is 0 Å². The lowest BCUT2D eigenvalue weighted by Crippen LogP contribution is -2.29. The molecular formula is C14H11ClF4N2O3S. The molecule has 25 heavy (non-hydrogen) atoms. The van der Waals surface area contributed by atoms with Gasteiger partial charge >= 0.3 is 15.6 Å². The molecule has 11 heteroatoms. The molecular weight excluding hydrogens is 388 g/mol. The number of halogens is 5. The molecule has 1 aromatic heterocycles. The summed E-state index contributed by atoms with van der Waals surface area (Å²) in [5, 5.41) is -0.320. The van der Waals surface area contributed by atoms with Crippen molar-refractivity contribution >= 4 is 21.7 Å². The second-order valence-electron chi connectivity index (χ2n) is 5.20. The van der Waals surface area contributed by atoms with Crippen molar-refractivity contribution in [2.24, 2.45) is 0 Å². The Kier molecular flexibility index (Phi) is 5.24. The fourth-order valence-electron chi connectivity index (χ4n) is 1.87. The summed E-state index contributed by atoms with van der Waals surface area (Å²) in [5.41, 5.74) is -5.95. The summed E-state index contributed by atoms with van der Waals surface area (Å²) in [6.45, 7) is 3.11. The smallest absolute Gasteiger partial charge is 0.372 e. The van der Waals surface area contributed by atoms with E-state index in [2.05, 4.69) is 14.2 Å². The number of rotatable bonds is 4. The number of alkyl halides is 3. The van der Waals surface area contributed by atoms with E-state index in [4.69, 9.17) is 11.6 Å². The van der Waals surface area contributed by atoms with Gasteiger partial charge in [0.2, 0.25) is 5.28 Å². The van der Waals surface area contributed by atoms with Crippen LogP contribution in [0.5, 0.6) is 5.75 Å². The van der Waals surface area contributed by atoms with Crippen LogP contribution in [0.4, 0.5) is 17.6 Å². The van der Waals surface area contributed by atoms with Crippen LogP contribution in [0.1, 0.15) is 25.5 Å². The van der Waals surface area contributed by atoms with Crippen LogP contribution in [0, 0.1) is 5.82 Å². The Bertz CT molecular complexity index is 884. The predicted octanol–water partition coefficient (Wildman–Crippen LogP) is 4.29. The molecule has 0 atom stereocenters. The molecule has 0 bridgehead atoms. The minimum Gasteiger partial charge on any atom is -0.372 e. The van der Waals surface area contributed by atoms with Gasteiger partial charge in [0.15, 0.2) is 5.75 Å². The molecule has 2 rings (SSSR count). The van der Waals surface area contributed by atoms with Gasteiger partial charge in [-0.05, 0) is 41.8 Å². The standard InChI is InChI=1S/C14H11ClF4N2O3S/c1-7(2)10-12(24-25(22,23)14(17,18)19)11(21-13(15)20-10)8-3-5-9(16)6-4-8/h3-7H,1-2H3. The molecule has 0 N–H and O–H groups in total. The first-order chi connectivity index (χ1) is 11.4. The first kappa shape index (κ1) is 19.4. The average molecular weight is 399 g/mol. The molecule has 0 saturated heterocycles. The highest BCUT2D eigenvalue weighted by Gasteiger charge is 2.49. The monoisotopic (exact) mass is 398 g/mol. The van der Waals surface area contributed by atoms with Crippen molar-refractivity contribution in [3.05, 3.63) is 41.1 Å². The first-order valence-corrected chi connectivity index (χ1v) is 8.55. The maximum Gasteiger partial charge on any atom is 0.534 e. The maximum atomic E-state index is 13.1. The summed E-state index contributed by atoms with van der Waals surface area (Å²) in [4.78, 5) is 7.52. The van der Waals surface area contributed by atoms with E-state index in [1.807, 2.05) is 0 Å². The molecule has 0 saturated carbocycles. The van der Waals surface area contributed by atoms with Crippen molar-refractivity contribution in [1.82, 2.24) is 9.97 Å². The summed E-state index contributed by atoms with van der Waals surface area (Å²) in [6, 6.07) is 4.46. The minimum atomic E-state index is -5.96. The Morgan fingerprint density at radius 3 is 2.16 bits per heavy atom. The van der Waals surface area contributed by atoms with E-state index in [0.29, 0.717) is 0 Å². The van der Waals surface area contributed by atoms with Crippen molar-refractivity contribution < 1.29 is 30.2 Å². The van der Waals surface area contributed by atoms with Gasteiger partial charge in [0, 0.05) is 5.56 Å². The Morgan fingerprint density at radius 2 is 1.68 bits per heavy atom. The molecule has 5 nitrogen and oxygen atoms in total. The Balaban J connectivity index is 2.73. The quantitative estimate of drug-likeness (QED) is 0.332. The number of hydrogen-bond acceptors (Lipinski definition) is 5. The predicted molar refractivity (Wildman–Crippen MR) is 82.1 cm³/mol. The number of nitrogens with zero attached hydrogens (tertiary/aromatic N) is 2. The molecule has 0 aliphatic carbocycles. The second-order valence-corrected chi connectivity index (χ2v) is 7.08. The zero-order valence-corrected chi connectivity index (χ0v) is 14.4. The van der Waals surface area contributed by atoms with Crippen LogP contribution >= 0.6 is 11.6 Å². The molecule has 0 spiro atoms. The van der Waals surface area contributed by atoms with Gasteiger partial charge in [-0.1, -0.05) is 13.8 Å². The molecule has 0 unspecified atom stereocenters. The van der Waals surface area contributed by atoms with Gasteiger partial charge < -0.3 is 4.18 Å². The summed E-state index contributed by atoms with van der Waals surface area (Å²) in [6.07, 6.45) is 0. The van der Waals surface area contributed by atoms with Crippen LogP contribution in [-0.4, -0.2) is 23.9 Å². The first-order valence-electron chi connectivity index (χ1n) is 6.76. The van der Waals surface area contributed by atoms with E-state index < -0.39 is 33.1 Å². The molecule has 0 amide bonds. The highest BCUT2D eigenvalue weighted by Crippen LogP contribution is 2.38. The van der Waals surface area contributed by atoms with Crippen LogP contribution in [0.2, 0.25) is 5.28 Å². The normalized spacial score (nSPS) is 12.5. The zero-order chi connectivity index (χ0) is 19.0. The molecule has 0 aliphatic rings. The lowest BCUT2D eigenvalue weighted by Gasteiger charge is -2.17. The lowest BCUT2D eigenvalue weighted by atomic mass is 10.0. The van der Waals surface area contributed by atoms with Gasteiger partial charge in [-0.25, -0.2) is 14.4 Å². The summed E-state index contributed by atoms with van der Waals surface area (Å²) >= 11 is 5.78. The third kappa shape index (κ3) is 4.18. The molecule has 2 aromatic rings. The third-order valence-corrected chi connectivity index (χ3v) is 4.13. The largest absolute Gasteiger partial charge is 0.534 e. The van der Waals surface area contributed by atoms with E-state index in [-0.39, 0.29) is 22.2 Å². The van der Waals surface area contributed by atoms with Crippen LogP contribution in [-0.2, 0) is 10.1 Å². The van der Waals surface area contributed by atoms with Gasteiger partial charge in [-0.3, -0.25) is 0 Å². The summed E-state index contributed by atoms with van der Waals surface area (Å²) < 4.78 is 78.3.